The predicted molar refractivity (Wildman–Crippen MR) is 79.4 cm³/mol. The van der Waals surface area contributed by atoms with Crippen LogP contribution in [0, 0.1) is 0 Å². The fourth-order valence-corrected chi connectivity index (χ4v) is 3.16. The molecule has 1 fully saturated rings. The molecule has 0 bridgehead atoms. The fourth-order valence-electron chi connectivity index (χ4n) is 2.35. The Labute approximate surface area is 127 Å². The molecule has 1 aliphatic heterocycles. The minimum atomic E-state index is -1.03. The van der Waals surface area contributed by atoms with E-state index >= 15 is 0 Å². The molecule has 2 N–H and O–H groups in total. The van der Waals surface area contributed by atoms with E-state index < -0.39 is 12.0 Å². The second-order valence-corrected chi connectivity index (χ2v) is 5.91. The summed E-state index contributed by atoms with van der Waals surface area (Å²) in [6, 6.07) is 2.62. The van der Waals surface area contributed by atoms with Gasteiger partial charge in [0, 0.05) is 11.4 Å². The Bertz CT molecular complexity index is 477. The van der Waals surface area contributed by atoms with Crippen LogP contribution in [-0.4, -0.2) is 47.8 Å². The number of carboxylic acids is 1. The van der Waals surface area contributed by atoms with Gasteiger partial charge in [-0.25, -0.2) is 9.59 Å². The number of carbonyl (C=O) groups excluding carboxylic acids is 1. The topological polar surface area (TPSA) is 78.9 Å². The maximum Gasteiger partial charge on any atom is 0.328 e. The fraction of sp³-hybridized carbons (Fsp3) is 0.571. The summed E-state index contributed by atoms with van der Waals surface area (Å²) in [5.74, 6) is -1.03. The zero-order chi connectivity index (χ0) is 15.2. The molecule has 1 saturated heterocycles. The van der Waals surface area contributed by atoms with Crippen molar-refractivity contribution >= 4 is 23.3 Å². The molecule has 21 heavy (non-hydrogen) atoms. The van der Waals surface area contributed by atoms with Gasteiger partial charge in [0.2, 0.25) is 0 Å². The van der Waals surface area contributed by atoms with Crippen molar-refractivity contribution in [1.29, 1.82) is 0 Å². The van der Waals surface area contributed by atoms with Crippen LogP contribution in [-0.2, 0) is 9.53 Å². The van der Waals surface area contributed by atoms with Crippen LogP contribution in [0.2, 0.25) is 0 Å². The monoisotopic (exact) mass is 312 g/mol. The summed E-state index contributed by atoms with van der Waals surface area (Å²) in [7, 11) is 0. The number of amides is 2. The van der Waals surface area contributed by atoms with E-state index in [0.717, 1.165) is 17.7 Å². The normalized spacial score (nSPS) is 20.0. The second kappa shape index (κ2) is 7.42. The highest BCUT2D eigenvalue weighted by atomic mass is 32.1. The number of morpholine rings is 1. The lowest BCUT2D eigenvalue weighted by atomic mass is 10.1. The number of rotatable bonds is 5. The highest BCUT2D eigenvalue weighted by Crippen LogP contribution is 2.23. The van der Waals surface area contributed by atoms with Gasteiger partial charge in [0.15, 0.2) is 6.04 Å². The molecular formula is C14H20N2O4S. The highest BCUT2D eigenvalue weighted by Gasteiger charge is 2.33. The van der Waals surface area contributed by atoms with Crippen molar-refractivity contribution in [2.45, 2.75) is 31.8 Å². The molecule has 0 spiro atoms. The lowest BCUT2D eigenvalue weighted by molar-refractivity contribution is -0.147. The predicted octanol–water partition coefficient (Wildman–Crippen LogP) is 2.08. The summed E-state index contributed by atoms with van der Waals surface area (Å²) in [6.07, 6.45) is 1.77. The molecule has 7 heteroatoms. The first-order valence-electron chi connectivity index (χ1n) is 7.04. The number of thiophene rings is 1. The Kier molecular flexibility index (Phi) is 5.58. The standard InChI is InChI=1S/C14H20N2O4S/c1-2-4-10(12-5-3-8-21-12)15-14(19)16-6-7-20-9-11(16)13(17)18/h3,5,8,10-11H,2,4,6-7,9H2,1H3,(H,15,19)(H,17,18). The molecule has 2 atom stereocenters. The van der Waals surface area contributed by atoms with Crippen molar-refractivity contribution in [2.24, 2.45) is 0 Å². The molecule has 1 aliphatic rings. The highest BCUT2D eigenvalue weighted by molar-refractivity contribution is 7.10. The minimum Gasteiger partial charge on any atom is -0.480 e. The molecule has 0 radical (unpaired) electrons. The van der Waals surface area contributed by atoms with E-state index in [2.05, 4.69) is 12.2 Å². The maximum atomic E-state index is 12.4. The summed E-state index contributed by atoms with van der Waals surface area (Å²) >= 11 is 1.59. The molecule has 1 aromatic rings. The lowest BCUT2D eigenvalue weighted by Gasteiger charge is -2.34. The molecular weight excluding hydrogens is 292 g/mol. The zero-order valence-corrected chi connectivity index (χ0v) is 12.8. The van der Waals surface area contributed by atoms with Crippen molar-refractivity contribution in [2.75, 3.05) is 19.8 Å². The lowest BCUT2D eigenvalue weighted by Crippen LogP contribution is -2.56. The zero-order valence-electron chi connectivity index (χ0n) is 11.9. The molecule has 0 saturated carbocycles. The van der Waals surface area contributed by atoms with Crippen molar-refractivity contribution in [3.05, 3.63) is 22.4 Å². The van der Waals surface area contributed by atoms with Crippen LogP contribution in [0.15, 0.2) is 17.5 Å². The molecule has 2 rings (SSSR count). The Morgan fingerprint density at radius 3 is 3.05 bits per heavy atom. The summed E-state index contributed by atoms with van der Waals surface area (Å²) in [5, 5.41) is 14.1. The number of nitrogens with zero attached hydrogens (tertiary/aromatic N) is 1. The van der Waals surface area contributed by atoms with Crippen LogP contribution in [0.25, 0.3) is 0 Å². The van der Waals surface area contributed by atoms with Crippen LogP contribution >= 0.6 is 11.3 Å². The molecule has 0 aromatic carbocycles. The number of nitrogens with one attached hydrogen (secondary N) is 1. The van der Waals surface area contributed by atoms with E-state index in [0.29, 0.717) is 13.2 Å². The first-order chi connectivity index (χ1) is 10.1. The Morgan fingerprint density at radius 1 is 1.62 bits per heavy atom. The summed E-state index contributed by atoms with van der Waals surface area (Å²) in [4.78, 5) is 26.0. The van der Waals surface area contributed by atoms with Gasteiger partial charge in [0.05, 0.1) is 19.3 Å². The third-order valence-electron chi connectivity index (χ3n) is 3.44. The van der Waals surface area contributed by atoms with Gasteiger partial charge in [-0.3, -0.25) is 0 Å². The smallest absolute Gasteiger partial charge is 0.328 e. The van der Waals surface area contributed by atoms with Gasteiger partial charge in [-0.1, -0.05) is 19.4 Å². The van der Waals surface area contributed by atoms with Crippen LogP contribution in [0.5, 0.6) is 0 Å². The Balaban J connectivity index is 2.05. The number of carboxylic acid groups (broad SMARTS) is 1. The number of ether oxygens (including phenoxy) is 1. The quantitative estimate of drug-likeness (QED) is 0.872. The molecule has 0 aliphatic carbocycles. The maximum absolute atomic E-state index is 12.4. The molecule has 116 valence electrons. The third kappa shape index (κ3) is 3.95. The minimum absolute atomic E-state index is 0.0419. The van der Waals surface area contributed by atoms with E-state index in [-0.39, 0.29) is 18.7 Å². The van der Waals surface area contributed by atoms with Crippen LogP contribution < -0.4 is 5.32 Å². The number of hydrogen-bond donors (Lipinski definition) is 2. The summed E-state index contributed by atoms with van der Waals surface area (Å²) in [6.45, 7) is 2.77. The average molecular weight is 312 g/mol. The van der Waals surface area contributed by atoms with E-state index in [1.54, 1.807) is 11.3 Å². The molecule has 2 heterocycles. The van der Waals surface area contributed by atoms with Crippen molar-refractivity contribution in [3.63, 3.8) is 0 Å². The van der Waals surface area contributed by atoms with Gasteiger partial charge >= 0.3 is 12.0 Å². The van der Waals surface area contributed by atoms with Crippen molar-refractivity contribution in [3.8, 4) is 0 Å². The van der Waals surface area contributed by atoms with Gasteiger partial charge < -0.3 is 20.1 Å². The van der Waals surface area contributed by atoms with Gasteiger partial charge in [-0.15, -0.1) is 11.3 Å². The van der Waals surface area contributed by atoms with Crippen LogP contribution in [0.1, 0.15) is 30.7 Å². The Hall–Kier alpha value is -1.60. The number of aliphatic carboxylic acids is 1. The molecule has 1 aromatic heterocycles. The average Bonchev–Trinajstić information content (AvgIpc) is 3.00. The Morgan fingerprint density at radius 2 is 2.43 bits per heavy atom. The summed E-state index contributed by atoms with van der Waals surface area (Å²) < 4.78 is 5.15. The van der Waals surface area contributed by atoms with Crippen molar-refractivity contribution in [1.82, 2.24) is 10.2 Å². The van der Waals surface area contributed by atoms with Gasteiger partial charge in [0.25, 0.3) is 0 Å². The summed E-state index contributed by atoms with van der Waals surface area (Å²) in [5.41, 5.74) is 0. The van der Waals surface area contributed by atoms with Crippen LogP contribution in [0.3, 0.4) is 0 Å². The van der Waals surface area contributed by atoms with E-state index in [1.807, 2.05) is 17.5 Å². The number of urea groups is 1. The SMILES string of the molecule is CCCC(NC(=O)N1CCOCC1C(=O)O)c1cccs1. The van der Waals surface area contributed by atoms with Crippen LogP contribution in [0.4, 0.5) is 4.79 Å². The number of carbonyl (C=O) groups is 2. The number of hydrogen-bond acceptors (Lipinski definition) is 4. The first-order valence-corrected chi connectivity index (χ1v) is 7.92. The van der Waals surface area contributed by atoms with Gasteiger partial charge in [-0.2, -0.15) is 0 Å². The molecule has 2 amide bonds. The van der Waals surface area contributed by atoms with E-state index in [1.165, 1.54) is 4.90 Å². The van der Waals surface area contributed by atoms with Crippen molar-refractivity contribution < 1.29 is 19.4 Å². The largest absolute Gasteiger partial charge is 0.480 e. The van der Waals surface area contributed by atoms with Gasteiger partial charge in [0.1, 0.15) is 0 Å². The molecule has 2 unspecified atom stereocenters. The third-order valence-corrected chi connectivity index (χ3v) is 4.42. The molecule has 6 nitrogen and oxygen atoms in total. The first kappa shape index (κ1) is 15.8. The van der Waals surface area contributed by atoms with Gasteiger partial charge in [-0.05, 0) is 17.9 Å². The van der Waals surface area contributed by atoms with E-state index in [9.17, 15) is 14.7 Å². The van der Waals surface area contributed by atoms with E-state index in [4.69, 9.17) is 4.74 Å². The second-order valence-electron chi connectivity index (χ2n) is 4.93.